The Hall–Kier alpha value is -2.39. The number of aryl methyl sites for hydroxylation is 1. The zero-order chi connectivity index (χ0) is 18.8. The summed E-state index contributed by atoms with van der Waals surface area (Å²) in [5.41, 5.74) is 0.151. The number of benzene rings is 2. The number of sulfonamides is 1. The first kappa shape index (κ1) is 18.9. The van der Waals surface area contributed by atoms with Crippen molar-refractivity contribution >= 4 is 33.3 Å². The molecule has 0 aliphatic carbocycles. The zero-order valence-corrected chi connectivity index (χ0v) is 14.2. The van der Waals surface area contributed by atoms with Gasteiger partial charge in [-0.2, -0.15) is 8.78 Å². The van der Waals surface area contributed by atoms with E-state index in [9.17, 15) is 22.0 Å². The highest BCUT2D eigenvalue weighted by molar-refractivity contribution is 7.92. The van der Waals surface area contributed by atoms with E-state index in [1.165, 1.54) is 25.1 Å². The molecule has 0 aromatic heterocycles. The fourth-order valence-corrected chi connectivity index (χ4v) is 3.53. The molecule has 0 heterocycles. The third-order valence-electron chi connectivity index (χ3n) is 3.12. The molecule has 0 saturated carbocycles. The van der Waals surface area contributed by atoms with Crippen molar-refractivity contribution in [3.8, 4) is 5.75 Å². The molecule has 0 amide bonds. The Morgan fingerprint density at radius 3 is 2.48 bits per heavy atom. The first-order valence-corrected chi connectivity index (χ1v) is 8.57. The fraction of sp³-hybridized carbons (Fsp3) is 0.133. The average molecular weight is 392 g/mol. The number of aromatic carboxylic acids is 1. The summed E-state index contributed by atoms with van der Waals surface area (Å²) in [6.07, 6.45) is 0. The summed E-state index contributed by atoms with van der Waals surface area (Å²) in [6, 6.07) is 7.06. The summed E-state index contributed by atoms with van der Waals surface area (Å²) in [6.45, 7) is -1.56. The Balaban J connectivity index is 2.35. The van der Waals surface area contributed by atoms with Gasteiger partial charge in [0.1, 0.15) is 5.75 Å². The third-order valence-corrected chi connectivity index (χ3v) is 4.94. The van der Waals surface area contributed by atoms with E-state index in [-0.39, 0.29) is 26.9 Å². The van der Waals surface area contributed by atoms with Crippen LogP contribution in [0.5, 0.6) is 5.75 Å². The quantitative estimate of drug-likeness (QED) is 0.782. The maximum atomic E-state index is 12.5. The SMILES string of the molecule is Cc1ccc(C(=O)O)cc1S(=O)(=O)Nc1ccc(OC(F)F)c(Cl)c1. The van der Waals surface area contributed by atoms with Crippen molar-refractivity contribution in [3.05, 3.63) is 52.5 Å². The Morgan fingerprint density at radius 1 is 1.24 bits per heavy atom. The van der Waals surface area contributed by atoms with Crippen molar-refractivity contribution in [1.29, 1.82) is 0 Å². The van der Waals surface area contributed by atoms with Gasteiger partial charge in [0.15, 0.2) is 0 Å². The van der Waals surface area contributed by atoms with Crippen LogP contribution in [0.1, 0.15) is 15.9 Å². The molecule has 134 valence electrons. The van der Waals surface area contributed by atoms with Gasteiger partial charge in [-0.3, -0.25) is 4.72 Å². The maximum Gasteiger partial charge on any atom is 0.387 e. The summed E-state index contributed by atoms with van der Waals surface area (Å²) in [4.78, 5) is 10.8. The van der Waals surface area contributed by atoms with E-state index in [2.05, 4.69) is 9.46 Å². The number of carbonyl (C=O) groups is 1. The van der Waals surface area contributed by atoms with Gasteiger partial charge in [0.2, 0.25) is 0 Å². The van der Waals surface area contributed by atoms with Crippen LogP contribution in [0.3, 0.4) is 0 Å². The number of ether oxygens (including phenoxy) is 1. The van der Waals surface area contributed by atoms with E-state index < -0.39 is 22.6 Å². The van der Waals surface area contributed by atoms with Gasteiger partial charge in [-0.05, 0) is 42.8 Å². The molecular formula is C15H12ClF2NO5S. The van der Waals surface area contributed by atoms with Crippen molar-refractivity contribution in [2.24, 2.45) is 0 Å². The van der Waals surface area contributed by atoms with E-state index in [1.807, 2.05) is 0 Å². The molecule has 0 aliphatic heterocycles. The van der Waals surface area contributed by atoms with E-state index in [4.69, 9.17) is 16.7 Å². The Bertz CT molecular complexity index is 918. The molecule has 25 heavy (non-hydrogen) atoms. The van der Waals surface area contributed by atoms with Crippen molar-refractivity contribution < 1.29 is 31.8 Å². The molecule has 0 aliphatic rings. The lowest BCUT2D eigenvalue weighted by Gasteiger charge is -2.13. The largest absolute Gasteiger partial charge is 0.478 e. The molecule has 2 N–H and O–H groups in total. The number of hydrogen-bond donors (Lipinski definition) is 2. The lowest BCUT2D eigenvalue weighted by Crippen LogP contribution is -2.15. The van der Waals surface area contributed by atoms with Gasteiger partial charge >= 0.3 is 12.6 Å². The number of anilines is 1. The number of carboxylic acid groups (broad SMARTS) is 1. The number of carboxylic acids is 1. The lowest BCUT2D eigenvalue weighted by molar-refractivity contribution is -0.0497. The second-order valence-electron chi connectivity index (χ2n) is 4.91. The van der Waals surface area contributed by atoms with Gasteiger partial charge in [0, 0.05) is 0 Å². The molecule has 0 atom stereocenters. The molecular weight excluding hydrogens is 380 g/mol. The minimum Gasteiger partial charge on any atom is -0.478 e. The molecule has 2 rings (SSSR count). The summed E-state index contributed by atoms with van der Waals surface area (Å²) < 4.78 is 55.7. The predicted molar refractivity (Wildman–Crippen MR) is 87.0 cm³/mol. The molecule has 0 bridgehead atoms. The van der Waals surface area contributed by atoms with Crippen LogP contribution in [0.2, 0.25) is 5.02 Å². The van der Waals surface area contributed by atoms with Gasteiger partial charge < -0.3 is 9.84 Å². The molecule has 10 heteroatoms. The monoisotopic (exact) mass is 391 g/mol. The normalized spacial score (nSPS) is 11.4. The number of hydrogen-bond acceptors (Lipinski definition) is 4. The third kappa shape index (κ3) is 4.58. The summed E-state index contributed by atoms with van der Waals surface area (Å²) in [5, 5.41) is 8.78. The molecule has 2 aromatic carbocycles. The summed E-state index contributed by atoms with van der Waals surface area (Å²) in [7, 11) is -4.11. The number of halogens is 3. The van der Waals surface area contributed by atoms with Gasteiger partial charge in [-0.25, -0.2) is 13.2 Å². The first-order valence-electron chi connectivity index (χ1n) is 6.71. The van der Waals surface area contributed by atoms with Crippen molar-refractivity contribution in [2.45, 2.75) is 18.4 Å². The molecule has 0 radical (unpaired) electrons. The predicted octanol–water partition coefficient (Wildman–Crippen LogP) is 3.75. The first-order chi connectivity index (χ1) is 11.6. The lowest BCUT2D eigenvalue weighted by atomic mass is 10.1. The molecule has 0 saturated heterocycles. The highest BCUT2D eigenvalue weighted by Gasteiger charge is 2.20. The summed E-state index contributed by atoms with van der Waals surface area (Å²) in [5.74, 6) is -1.57. The minimum absolute atomic E-state index is 0.00624. The number of rotatable bonds is 6. The van der Waals surface area contributed by atoms with Crippen LogP contribution in [0.4, 0.5) is 14.5 Å². The van der Waals surface area contributed by atoms with E-state index in [1.54, 1.807) is 0 Å². The molecule has 2 aromatic rings. The smallest absolute Gasteiger partial charge is 0.387 e. The van der Waals surface area contributed by atoms with Crippen LogP contribution in [0.25, 0.3) is 0 Å². The van der Waals surface area contributed by atoms with E-state index >= 15 is 0 Å². The fourth-order valence-electron chi connectivity index (χ4n) is 1.99. The Morgan fingerprint density at radius 2 is 1.92 bits per heavy atom. The van der Waals surface area contributed by atoms with Crippen LogP contribution < -0.4 is 9.46 Å². The van der Waals surface area contributed by atoms with E-state index in [0.29, 0.717) is 5.56 Å². The van der Waals surface area contributed by atoms with Crippen LogP contribution in [-0.2, 0) is 10.0 Å². The van der Waals surface area contributed by atoms with Crippen LogP contribution in [0.15, 0.2) is 41.3 Å². The zero-order valence-electron chi connectivity index (χ0n) is 12.7. The van der Waals surface area contributed by atoms with Gasteiger partial charge in [-0.1, -0.05) is 17.7 Å². The highest BCUT2D eigenvalue weighted by Crippen LogP contribution is 2.30. The van der Waals surface area contributed by atoms with E-state index in [0.717, 1.165) is 18.2 Å². The Labute approximate surface area is 147 Å². The Kier molecular flexibility index (Phi) is 5.48. The molecule has 0 spiro atoms. The maximum absolute atomic E-state index is 12.5. The van der Waals surface area contributed by atoms with Crippen LogP contribution >= 0.6 is 11.6 Å². The van der Waals surface area contributed by atoms with Crippen LogP contribution in [0, 0.1) is 6.92 Å². The topological polar surface area (TPSA) is 92.7 Å². The second kappa shape index (κ2) is 7.24. The van der Waals surface area contributed by atoms with Gasteiger partial charge in [0.05, 0.1) is 21.2 Å². The molecule has 0 fully saturated rings. The van der Waals surface area contributed by atoms with Gasteiger partial charge in [0.25, 0.3) is 10.0 Å². The standard InChI is InChI=1S/C15H12ClF2NO5S/c1-8-2-3-9(14(20)21)6-13(8)25(22,23)19-10-4-5-12(11(16)7-10)24-15(17)18/h2-7,15,19H,1H3,(H,20,21). The minimum atomic E-state index is -4.11. The molecule has 6 nitrogen and oxygen atoms in total. The van der Waals surface area contributed by atoms with Crippen LogP contribution in [-0.4, -0.2) is 26.1 Å². The van der Waals surface area contributed by atoms with Crippen molar-refractivity contribution in [3.63, 3.8) is 0 Å². The average Bonchev–Trinajstić information content (AvgIpc) is 2.49. The van der Waals surface area contributed by atoms with Gasteiger partial charge in [-0.15, -0.1) is 0 Å². The molecule has 0 unspecified atom stereocenters. The highest BCUT2D eigenvalue weighted by atomic mass is 35.5. The number of nitrogens with one attached hydrogen (secondary N) is 1. The van der Waals surface area contributed by atoms with Crippen molar-refractivity contribution in [1.82, 2.24) is 0 Å². The van der Waals surface area contributed by atoms with Crippen molar-refractivity contribution in [2.75, 3.05) is 4.72 Å². The second-order valence-corrected chi connectivity index (χ2v) is 6.97. The summed E-state index contributed by atoms with van der Waals surface area (Å²) >= 11 is 5.78. The number of alkyl halides is 2.